The molecule has 0 saturated heterocycles. The maximum atomic E-state index is 8.77. The summed E-state index contributed by atoms with van der Waals surface area (Å²) in [6.45, 7) is 4.73. The maximum absolute atomic E-state index is 8.77. The first-order valence-corrected chi connectivity index (χ1v) is 6.67. The summed E-state index contributed by atoms with van der Waals surface area (Å²) in [5.74, 6) is 0.906. The number of nitriles is 1. The number of benzene rings is 2. The second-order valence-corrected chi connectivity index (χ2v) is 4.82. The molecule has 0 heterocycles. The van der Waals surface area contributed by atoms with E-state index in [9.17, 15) is 0 Å². The molecule has 3 heteroatoms. The van der Waals surface area contributed by atoms with E-state index in [0.29, 0.717) is 12.1 Å². The normalized spacial score (nSPS) is 10.1. The van der Waals surface area contributed by atoms with Gasteiger partial charge in [0, 0.05) is 17.8 Å². The Bertz CT molecular complexity index is 597. The highest BCUT2D eigenvalue weighted by Crippen LogP contribution is 2.21. The summed E-state index contributed by atoms with van der Waals surface area (Å²) in [5, 5.41) is 12.1. The van der Waals surface area contributed by atoms with Gasteiger partial charge in [-0.05, 0) is 44.2 Å². The molecule has 3 nitrogen and oxygen atoms in total. The number of hydrogen-bond donors (Lipinski definition) is 1. The first kappa shape index (κ1) is 14.0. The van der Waals surface area contributed by atoms with E-state index in [2.05, 4.69) is 11.4 Å². The average molecular weight is 266 g/mol. The van der Waals surface area contributed by atoms with E-state index < -0.39 is 0 Å². The van der Waals surface area contributed by atoms with Crippen molar-refractivity contribution >= 4 is 5.69 Å². The first-order chi connectivity index (χ1) is 9.69. The van der Waals surface area contributed by atoms with Crippen LogP contribution in [0.2, 0.25) is 0 Å². The highest BCUT2D eigenvalue weighted by Gasteiger charge is 2.04. The SMILES string of the molecule is CC(C)Oc1ccccc1CNc1ccc(C#N)cc1. The van der Waals surface area contributed by atoms with Crippen LogP contribution in [0.3, 0.4) is 0 Å². The molecule has 0 aliphatic carbocycles. The van der Waals surface area contributed by atoms with Gasteiger partial charge >= 0.3 is 0 Å². The van der Waals surface area contributed by atoms with Gasteiger partial charge in [-0.15, -0.1) is 0 Å². The summed E-state index contributed by atoms with van der Waals surface area (Å²) in [6, 6.07) is 17.5. The summed E-state index contributed by atoms with van der Waals surface area (Å²) < 4.78 is 5.79. The second-order valence-electron chi connectivity index (χ2n) is 4.82. The third-order valence-electron chi connectivity index (χ3n) is 2.83. The minimum Gasteiger partial charge on any atom is -0.491 e. The van der Waals surface area contributed by atoms with Crippen molar-refractivity contribution in [3.8, 4) is 11.8 Å². The van der Waals surface area contributed by atoms with Gasteiger partial charge in [0.05, 0.1) is 17.7 Å². The Morgan fingerprint density at radius 1 is 1.10 bits per heavy atom. The van der Waals surface area contributed by atoms with E-state index in [1.165, 1.54) is 0 Å². The molecule has 0 aliphatic heterocycles. The average Bonchev–Trinajstić information content (AvgIpc) is 2.46. The van der Waals surface area contributed by atoms with Gasteiger partial charge in [0.25, 0.3) is 0 Å². The molecule has 0 aromatic heterocycles. The summed E-state index contributed by atoms with van der Waals surface area (Å²) in [6.07, 6.45) is 0.158. The Morgan fingerprint density at radius 3 is 2.45 bits per heavy atom. The molecule has 0 atom stereocenters. The lowest BCUT2D eigenvalue weighted by atomic mass is 10.2. The summed E-state index contributed by atoms with van der Waals surface area (Å²) >= 11 is 0. The number of anilines is 1. The molecule has 20 heavy (non-hydrogen) atoms. The van der Waals surface area contributed by atoms with Crippen molar-refractivity contribution in [1.82, 2.24) is 0 Å². The molecule has 0 saturated carbocycles. The zero-order valence-electron chi connectivity index (χ0n) is 11.8. The fraction of sp³-hybridized carbons (Fsp3) is 0.235. The lowest BCUT2D eigenvalue weighted by Crippen LogP contribution is -2.09. The van der Waals surface area contributed by atoms with Crippen LogP contribution >= 0.6 is 0 Å². The zero-order chi connectivity index (χ0) is 14.4. The molecule has 0 amide bonds. The van der Waals surface area contributed by atoms with Gasteiger partial charge in [-0.1, -0.05) is 18.2 Å². The number of ether oxygens (including phenoxy) is 1. The van der Waals surface area contributed by atoms with Gasteiger partial charge in [-0.3, -0.25) is 0 Å². The predicted molar refractivity (Wildman–Crippen MR) is 80.7 cm³/mol. The summed E-state index contributed by atoms with van der Waals surface area (Å²) in [5.41, 5.74) is 2.77. The fourth-order valence-corrected chi connectivity index (χ4v) is 1.88. The topological polar surface area (TPSA) is 45.0 Å². The highest BCUT2D eigenvalue weighted by molar-refractivity contribution is 5.48. The molecule has 2 aromatic carbocycles. The largest absolute Gasteiger partial charge is 0.491 e. The molecule has 0 fully saturated rings. The molecular weight excluding hydrogens is 248 g/mol. The summed E-state index contributed by atoms with van der Waals surface area (Å²) in [7, 11) is 0. The molecule has 2 rings (SSSR count). The van der Waals surface area contributed by atoms with Crippen LogP contribution < -0.4 is 10.1 Å². The van der Waals surface area contributed by atoms with E-state index in [4.69, 9.17) is 10.00 Å². The van der Waals surface area contributed by atoms with Gasteiger partial charge in [-0.2, -0.15) is 5.26 Å². The summed E-state index contributed by atoms with van der Waals surface area (Å²) in [4.78, 5) is 0. The van der Waals surface area contributed by atoms with E-state index in [1.54, 1.807) is 12.1 Å². The smallest absolute Gasteiger partial charge is 0.124 e. The van der Waals surface area contributed by atoms with Crippen molar-refractivity contribution in [2.45, 2.75) is 26.5 Å². The molecule has 102 valence electrons. The first-order valence-electron chi connectivity index (χ1n) is 6.67. The van der Waals surface area contributed by atoms with E-state index >= 15 is 0 Å². The van der Waals surface area contributed by atoms with E-state index in [1.807, 2.05) is 50.2 Å². The number of para-hydroxylation sites is 1. The molecular formula is C17H18N2O. The third-order valence-corrected chi connectivity index (χ3v) is 2.83. The molecule has 1 N–H and O–H groups in total. The molecule has 0 unspecified atom stereocenters. The third kappa shape index (κ3) is 3.76. The minimum atomic E-state index is 0.158. The van der Waals surface area contributed by atoms with Crippen LogP contribution in [0.25, 0.3) is 0 Å². The zero-order valence-corrected chi connectivity index (χ0v) is 11.8. The molecule has 2 aromatic rings. The van der Waals surface area contributed by atoms with Crippen molar-refractivity contribution in [2.75, 3.05) is 5.32 Å². The lowest BCUT2D eigenvalue weighted by molar-refractivity contribution is 0.240. The number of hydrogen-bond acceptors (Lipinski definition) is 3. The van der Waals surface area contributed by atoms with Crippen molar-refractivity contribution in [3.63, 3.8) is 0 Å². The van der Waals surface area contributed by atoms with Crippen LogP contribution in [0.1, 0.15) is 25.0 Å². The van der Waals surface area contributed by atoms with Crippen LogP contribution in [0.15, 0.2) is 48.5 Å². The highest BCUT2D eigenvalue weighted by atomic mass is 16.5. The number of nitrogens with zero attached hydrogens (tertiary/aromatic N) is 1. The minimum absolute atomic E-state index is 0.158. The maximum Gasteiger partial charge on any atom is 0.124 e. The molecule has 0 aliphatic rings. The van der Waals surface area contributed by atoms with Crippen LogP contribution in [0.4, 0.5) is 5.69 Å². The Labute approximate surface area is 119 Å². The van der Waals surface area contributed by atoms with Crippen LogP contribution in [0.5, 0.6) is 5.75 Å². The Hall–Kier alpha value is -2.47. The monoisotopic (exact) mass is 266 g/mol. The van der Waals surface area contributed by atoms with E-state index in [0.717, 1.165) is 17.0 Å². The Morgan fingerprint density at radius 2 is 1.80 bits per heavy atom. The van der Waals surface area contributed by atoms with Crippen molar-refractivity contribution in [3.05, 3.63) is 59.7 Å². The molecule has 0 spiro atoms. The number of rotatable bonds is 5. The van der Waals surface area contributed by atoms with E-state index in [-0.39, 0.29) is 6.10 Å². The van der Waals surface area contributed by atoms with Gasteiger partial charge in [0.1, 0.15) is 5.75 Å². The second kappa shape index (κ2) is 6.63. The van der Waals surface area contributed by atoms with Crippen LogP contribution in [0, 0.1) is 11.3 Å². The lowest BCUT2D eigenvalue weighted by Gasteiger charge is -2.15. The standard InChI is InChI=1S/C17H18N2O/c1-13(2)20-17-6-4-3-5-15(17)12-19-16-9-7-14(11-18)8-10-16/h3-10,13,19H,12H2,1-2H3. The predicted octanol–water partition coefficient (Wildman–Crippen LogP) is 3.96. The van der Waals surface area contributed by atoms with Gasteiger partial charge < -0.3 is 10.1 Å². The van der Waals surface area contributed by atoms with Gasteiger partial charge in [0.15, 0.2) is 0 Å². The van der Waals surface area contributed by atoms with Gasteiger partial charge in [0.2, 0.25) is 0 Å². The fourth-order valence-electron chi connectivity index (χ4n) is 1.88. The quantitative estimate of drug-likeness (QED) is 0.891. The van der Waals surface area contributed by atoms with Crippen molar-refractivity contribution in [2.24, 2.45) is 0 Å². The van der Waals surface area contributed by atoms with Crippen molar-refractivity contribution in [1.29, 1.82) is 5.26 Å². The Balaban J connectivity index is 2.04. The van der Waals surface area contributed by atoms with Crippen LogP contribution in [-0.4, -0.2) is 6.10 Å². The molecule has 0 bridgehead atoms. The Kier molecular flexibility index (Phi) is 4.62. The van der Waals surface area contributed by atoms with Gasteiger partial charge in [-0.25, -0.2) is 0 Å². The molecule has 0 radical (unpaired) electrons. The number of nitrogens with one attached hydrogen (secondary N) is 1. The van der Waals surface area contributed by atoms with Crippen LogP contribution in [-0.2, 0) is 6.54 Å². The van der Waals surface area contributed by atoms with Crippen molar-refractivity contribution < 1.29 is 4.74 Å².